The second-order valence-electron chi connectivity index (χ2n) is 6.11. The van der Waals surface area contributed by atoms with Gasteiger partial charge in [-0.1, -0.05) is 6.07 Å². The van der Waals surface area contributed by atoms with E-state index in [-0.39, 0.29) is 17.5 Å². The van der Waals surface area contributed by atoms with Gasteiger partial charge in [0.2, 0.25) is 5.75 Å². The fourth-order valence-corrected chi connectivity index (χ4v) is 3.15. The Morgan fingerprint density at radius 2 is 2.14 bits per heavy atom. The molecule has 1 unspecified atom stereocenters. The number of hydrogen-bond donors (Lipinski definition) is 0. The van der Waals surface area contributed by atoms with Gasteiger partial charge in [0.1, 0.15) is 22.8 Å². The van der Waals surface area contributed by atoms with Gasteiger partial charge in [0.05, 0.1) is 23.7 Å². The van der Waals surface area contributed by atoms with Crippen LogP contribution >= 0.6 is 15.9 Å². The van der Waals surface area contributed by atoms with E-state index in [1.807, 2.05) is 25.1 Å². The second kappa shape index (κ2) is 8.34. The van der Waals surface area contributed by atoms with Crippen LogP contribution in [0.5, 0.6) is 11.5 Å². The topological polar surface area (TPSA) is 105 Å². The fourth-order valence-electron chi connectivity index (χ4n) is 2.77. The Labute approximate surface area is 169 Å². The summed E-state index contributed by atoms with van der Waals surface area (Å²) < 4.78 is 13.5. The number of halogens is 1. The molecular formula is C18H18BrN5O4. The van der Waals surface area contributed by atoms with Gasteiger partial charge >= 0.3 is 5.69 Å². The zero-order chi connectivity index (χ0) is 20.3. The Morgan fingerprint density at radius 3 is 2.75 bits per heavy atom. The van der Waals surface area contributed by atoms with E-state index in [2.05, 4.69) is 31.0 Å². The minimum absolute atomic E-state index is 0.0878. The van der Waals surface area contributed by atoms with Crippen molar-refractivity contribution in [2.45, 2.75) is 19.4 Å². The number of aromatic nitrogens is 4. The van der Waals surface area contributed by atoms with E-state index in [0.717, 1.165) is 10.3 Å². The molecule has 3 aromatic rings. The number of nitro benzene ring substituents is 1. The van der Waals surface area contributed by atoms with Crippen LogP contribution in [0.2, 0.25) is 0 Å². The molecule has 0 radical (unpaired) electrons. The van der Waals surface area contributed by atoms with Gasteiger partial charge in [0.15, 0.2) is 5.82 Å². The number of rotatable bonds is 7. The van der Waals surface area contributed by atoms with Gasteiger partial charge in [0, 0.05) is 19.2 Å². The summed E-state index contributed by atoms with van der Waals surface area (Å²) in [6.45, 7) is 1.87. The molecule has 1 aromatic carbocycles. The van der Waals surface area contributed by atoms with E-state index in [4.69, 9.17) is 9.47 Å². The highest BCUT2D eigenvalue weighted by Gasteiger charge is 2.25. The molecule has 0 aliphatic carbocycles. The van der Waals surface area contributed by atoms with E-state index in [1.54, 1.807) is 13.1 Å². The van der Waals surface area contributed by atoms with Crippen molar-refractivity contribution in [3.8, 4) is 22.9 Å². The zero-order valence-corrected chi connectivity index (χ0v) is 17.1. The summed E-state index contributed by atoms with van der Waals surface area (Å²) in [5, 5.41) is 15.8. The normalized spacial score (nSPS) is 11.9. The number of ether oxygens (including phenoxy) is 2. The van der Waals surface area contributed by atoms with E-state index < -0.39 is 4.92 Å². The lowest BCUT2D eigenvalue weighted by Crippen LogP contribution is -2.16. The van der Waals surface area contributed by atoms with Crippen LogP contribution in [0.3, 0.4) is 0 Å². The van der Waals surface area contributed by atoms with E-state index in [0.29, 0.717) is 23.6 Å². The average Bonchev–Trinajstić information content (AvgIpc) is 3.07. The summed E-state index contributed by atoms with van der Waals surface area (Å²) in [5.41, 5.74) is 1.02. The van der Waals surface area contributed by atoms with Crippen LogP contribution in [0, 0.1) is 10.1 Å². The van der Waals surface area contributed by atoms with Crippen LogP contribution in [0.4, 0.5) is 5.69 Å². The van der Waals surface area contributed by atoms with Crippen molar-refractivity contribution < 1.29 is 14.4 Å². The Morgan fingerprint density at radius 1 is 1.36 bits per heavy atom. The molecule has 28 heavy (non-hydrogen) atoms. The molecule has 3 rings (SSSR count). The maximum Gasteiger partial charge on any atom is 0.315 e. The summed E-state index contributed by atoms with van der Waals surface area (Å²) >= 11 is 3.34. The number of benzene rings is 1. The molecular weight excluding hydrogens is 430 g/mol. The van der Waals surface area contributed by atoms with E-state index in [9.17, 15) is 10.1 Å². The van der Waals surface area contributed by atoms with Crippen molar-refractivity contribution >= 4 is 21.6 Å². The molecule has 0 amide bonds. The molecule has 9 nitrogen and oxygen atoms in total. The predicted molar refractivity (Wildman–Crippen MR) is 105 cm³/mol. The van der Waals surface area contributed by atoms with Crippen molar-refractivity contribution in [1.82, 2.24) is 19.7 Å². The number of pyridine rings is 1. The lowest BCUT2D eigenvalue weighted by atomic mass is 10.1. The lowest BCUT2D eigenvalue weighted by Gasteiger charge is -2.16. The maximum absolute atomic E-state index is 11.5. The minimum atomic E-state index is -0.515. The van der Waals surface area contributed by atoms with Crippen molar-refractivity contribution in [2.75, 3.05) is 7.11 Å². The van der Waals surface area contributed by atoms with Crippen molar-refractivity contribution in [3.05, 3.63) is 57.1 Å². The molecule has 146 valence electrons. The summed E-state index contributed by atoms with van der Waals surface area (Å²) in [4.78, 5) is 19.6. The highest BCUT2D eigenvalue weighted by molar-refractivity contribution is 9.10. The first kappa shape index (κ1) is 19.7. The molecule has 10 heteroatoms. The van der Waals surface area contributed by atoms with Crippen LogP contribution in [0.1, 0.15) is 12.6 Å². The largest absolute Gasteiger partial charge is 0.490 e. The first-order valence-electron chi connectivity index (χ1n) is 8.38. The Hall–Kier alpha value is -3.01. The summed E-state index contributed by atoms with van der Waals surface area (Å²) in [7, 11) is 3.08. The van der Waals surface area contributed by atoms with Crippen LogP contribution < -0.4 is 9.47 Å². The molecule has 0 N–H and O–H groups in total. The maximum atomic E-state index is 11.5. The van der Waals surface area contributed by atoms with E-state index in [1.165, 1.54) is 24.2 Å². The van der Waals surface area contributed by atoms with Gasteiger partial charge in [-0.15, -0.1) is 0 Å². The SMILES string of the molecule is COc1c(-c2ncn(C)n2)cc(OC(C)Cc2cccc(Br)n2)cc1[N+](=O)[O-]. The quantitative estimate of drug-likeness (QED) is 0.309. The molecule has 2 heterocycles. The van der Waals surface area contributed by atoms with Gasteiger partial charge in [-0.25, -0.2) is 9.97 Å². The first-order valence-corrected chi connectivity index (χ1v) is 9.17. The molecule has 0 aliphatic heterocycles. The highest BCUT2D eigenvalue weighted by atomic mass is 79.9. The Balaban J connectivity index is 1.94. The zero-order valence-electron chi connectivity index (χ0n) is 15.5. The Bertz CT molecular complexity index is 1010. The molecule has 0 fully saturated rings. The van der Waals surface area contributed by atoms with E-state index >= 15 is 0 Å². The summed E-state index contributed by atoms with van der Waals surface area (Å²) in [6, 6.07) is 8.61. The van der Waals surface area contributed by atoms with Crippen LogP contribution in [-0.2, 0) is 13.5 Å². The number of aryl methyl sites for hydroxylation is 1. The molecule has 0 bridgehead atoms. The first-order chi connectivity index (χ1) is 13.4. The average molecular weight is 448 g/mol. The minimum Gasteiger partial charge on any atom is -0.490 e. The van der Waals surface area contributed by atoms with Crippen LogP contribution in [-0.4, -0.2) is 37.9 Å². The number of nitro groups is 1. The van der Waals surface area contributed by atoms with Crippen molar-refractivity contribution in [3.63, 3.8) is 0 Å². The van der Waals surface area contributed by atoms with Crippen molar-refractivity contribution in [1.29, 1.82) is 0 Å². The standard InChI is InChI=1S/C18H18BrN5O4/c1-11(7-12-5-4-6-16(19)21-12)28-13-8-14(18-20-10-23(2)22-18)17(27-3)15(9-13)24(25)26/h4-6,8-11H,7H2,1-3H3. The third-order valence-electron chi connectivity index (χ3n) is 3.89. The summed E-state index contributed by atoms with van der Waals surface area (Å²) in [6.07, 6.45) is 1.78. The molecule has 2 aromatic heterocycles. The number of nitrogens with zero attached hydrogens (tertiary/aromatic N) is 5. The molecule has 0 saturated carbocycles. The Kier molecular flexibility index (Phi) is 5.88. The molecule has 0 saturated heterocycles. The third kappa shape index (κ3) is 4.45. The van der Waals surface area contributed by atoms with Gasteiger partial charge in [-0.05, 0) is 41.1 Å². The predicted octanol–water partition coefficient (Wildman–Crippen LogP) is 3.57. The highest BCUT2D eigenvalue weighted by Crippen LogP contribution is 2.40. The smallest absolute Gasteiger partial charge is 0.315 e. The van der Waals surface area contributed by atoms with Crippen molar-refractivity contribution in [2.24, 2.45) is 7.05 Å². The number of methoxy groups -OCH3 is 1. The second-order valence-corrected chi connectivity index (χ2v) is 6.92. The van der Waals surface area contributed by atoms with Crippen LogP contribution in [0.25, 0.3) is 11.4 Å². The van der Waals surface area contributed by atoms with Crippen LogP contribution in [0.15, 0.2) is 41.3 Å². The van der Waals surface area contributed by atoms with Gasteiger partial charge in [-0.2, -0.15) is 5.10 Å². The summed E-state index contributed by atoms with van der Waals surface area (Å²) in [5.74, 6) is 0.733. The van der Waals surface area contributed by atoms with Gasteiger partial charge in [-0.3, -0.25) is 14.8 Å². The molecule has 0 spiro atoms. The lowest BCUT2D eigenvalue weighted by molar-refractivity contribution is -0.385. The van der Waals surface area contributed by atoms with Gasteiger partial charge in [0.25, 0.3) is 0 Å². The number of hydrogen-bond acceptors (Lipinski definition) is 7. The molecule has 1 atom stereocenters. The van der Waals surface area contributed by atoms with Gasteiger partial charge < -0.3 is 9.47 Å². The molecule has 0 aliphatic rings. The monoisotopic (exact) mass is 447 g/mol. The fraction of sp³-hybridized carbons (Fsp3) is 0.278. The third-order valence-corrected chi connectivity index (χ3v) is 4.33.